The minimum atomic E-state index is -0.344. The van der Waals surface area contributed by atoms with E-state index >= 15 is 0 Å². The van der Waals surface area contributed by atoms with Gasteiger partial charge in [-0.1, -0.05) is 19.4 Å². The van der Waals surface area contributed by atoms with E-state index in [2.05, 4.69) is 36.1 Å². The second-order valence-corrected chi connectivity index (χ2v) is 9.95. The number of anilines is 1. The van der Waals surface area contributed by atoms with Crippen molar-refractivity contribution in [1.29, 1.82) is 0 Å². The number of carbonyl (C=O) groups is 2. The summed E-state index contributed by atoms with van der Waals surface area (Å²) in [5, 5.41) is 3.41. The van der Waals surface area contributed by atoms with E-state index in [0.29, 0.717) is 24.5 Å². The van der Waals surface area contributed by atoms with Gasteiger partial charge in [-0.25, -0.2) is 4.98 Å². The molecule has 2 aliphatic rings. The molecule has 2 aromatic rings. The first-order valence-corrected chi connectivity index (χ1v) is 11.4. The van der Waals surface area contributed by atoms with Crippen molar-refractivity contribution in [3.8, 4) is 0 Å². The molecule has 0 bridgehead atoms. The number of nitrogens with one attached hydrogen (secondary N) is 1. The molecule has 7 nitrogen and oxygen atoms in total. The van der Waals surface area contributed by atoms with Gasteiger partial charge in [-0.2, -0.15) is 0 Å². The molecule has 7 heteroatoms. The third-order valence-corrected chi connectivity index (χ3v) is 7.13. The Morgan fingerprint density at radius 2 is 2.00 bits per heavy atom. The third-order valence-electron chi connectivity index (χ3n) is 7.13. The van der Waals surface area contributed by atoms with Crippen molar-refractivity contribution in [1.82, 2.24) is 19.8 Å². The molecule has 3 heterocycles. The third kappa shape index (κ3) is 4.33. The summed E-state index contributed by atoms with van der Waals surface area (Å²) in [4.78, 5) is 38.2. The highest BCUT2D eigenvalue weighted by molar-refractivity contribution is 5.94. The summed E-state index contributed by atoms with van der Waals surface area (Å²) >= 11 is 0. The molecule has 2 fully saturated rings. The summed E-state index contributed by atoms with van der Waals surface area (Å²) in [5.41, 5.74) is 1.07. The predicted molar refractivity (Wildman–Crippen MR) is 124 cm³/mol. The molecular formula is C25H33N5O2. The van der Waals surface area contributed by atoms with E-state index in [9.17, 15) is 9.59 Å². The van der Waals surface area contributed by atoms with Crippen LogP contribution in [-0.2, 0) is 10.3 Å². The number of hydrogen-bond acceptors (Lipinski definition) is 5. The van der Waals surface area contributed by atoms with Gasteiger partial charge < -0.3 is 15.1 Å². The number of pyridine rings is 2. The van der Waals surface area contributed by atoms with E-state index in [1.807, 2.05) is 47.3 Å². The van der Waals surface area contributed by atoms with Gasteiger partial charge in [-0.15, -0.1) is 0 Å². The summed E-state index contributed by atoms with van der Waals surface area (Å²) < 4.78 is 0. The lowest BCUT2D eigenvalue weighted by atomic mass is 9.69. The lowest BCUT2D eigenvalue weighted by Gasteiger charge is -2.41. The maximum absolute atomic E-state index is 13.0. The molecule has 170 valence electrons. The van der Waals surface area contributed by atoms with E-state index in [4.69, 9.17) is 0 Å². The van der Waals surface area contributed by atoms with Gasteiger partial charge in [0.1, 0.15) is 5.82 Å². The Balaban J connectivity index is 1.36. The van der Waals surface area contributed by atoms with Crippen molar-refractivity contribution in [3.63, 3.8) is 0 Å². The van der Waals surface area contributed by atoms with Crippen LogP contribution >= 0.6 is 0 Å². The fraction of sp³-hybridized carbons (Fsp3) is 0.520. The van der Waals surface area contributed by atoms with Crippen LogP contribution in [0.15, 0.2) is 42.9 Å². The van der Waals surface area contributed by atoms with Gasteiger partial charge in [-0.05, 0) is 56.9 Å². The minimum Gasteiger partial charge on any atom is -0.361 e. The van der Waals surface area contributed by atoms with Gasteiger partial charge in [0.2, 0.25) is 5.91 Å². The second-order valence-electron chi connectivity index (χ2n) is 9.95. The largest absolute Gasteiger partial charge is 0.361 e. The molecule has 1 saturated carbocycles. The molecule has 0 unspecified atom stereocenters. The number of nitrogens with zero attached hydrogens (tertiary/aromatic N) is 4. The minimum absolute atomic E-state index is 0.0335. The fourth-order valence-electron chi connectivity index (χ4n) is 4.66. The van der Waals surface area contributed by atoms with Gasteiger partial charge in [0.25, 0.3) is 5.91 Å². The zero-order valence-electron chi connectivity index (χ0n) is 19.5. The van der Waals surface area contributed by atoms with Crippen molar-refractivity contribution < 1.29 is 9.59 Å². The van der Waals surface area contributed by atoms with E-state index < -0.39 is 0 Å². The second kappa shape index (κ2) is 8.52. The Labute approximate surface area is 190 Å². The average molecular weight is 436 g/mol. The van der Waals surface area contributed by atoms with Gasteiger partial charge in [0.05, 0.1) is 17.1 Å². The Hall–Kier alpha value is -2.96. The van der Waals surface area contributed by atoms with Gasteiger partial charge in [0, 0.05) is 44.1 Å². The normalized spacial score (nSPS) is 19.9. The van der Waals surface area contributed by atoms with Crippen LogP contribution in [0, 0.1) is 5.41 Å². The molecular weight excluding hydrogens is 402 g/mol. The van der Waals surface area contributed by atoms with Crippen LogP contribution in [0.4, 0.5) is 5.82 Å². The van der Waals surface area contributed by atoms with E-state index in [0.717, 1.165) is 31.2 Å². The molecule has 1 N–H and O–H groups in total. The van der Waals surface area contributed by atoms with Crippen LogP contribution in [-0.4, -0.2) is 57.8 Å². The van der Waals surface area contributed by atoms with Crippen LogP contribution in [0.5, 0.6) is 0 Å². The monoisotopic (exact) mass is 435 g/mol. The predicted octanol–water partition coefficient (Wildman–Crippen LogP) is 3.69. The van der Waals surface area contributed by atoms with E-state index in [1.165, 1.54) is 0 Å². The Kier molecular flexibility index (Phi) is 5.93. The zero-order valence-corrected chi connectivity index (χ0v) is 19.5. The molecule has 2 amide bonds. The number of amides is 2. The summed E-state index contributed by atoms with van der Waals surface area (Å²) in [5.74, 6) is 0.888. The lowest BCUT2D eigenvalue weighted by molar-refractivity contribution is -0.146. The summed E-state index contributed by atoms with van der Waals surface area (Å²) in [7, 11) is 1.89. The number of likely N-dealkylation sites (N-methyl/N-ethyl adjacent to an activating group) is 1. The topological polar surface area (TPSA) is 78.4 Å². The van der Waals surface area contributed by atoms with Crippen molar-refractivity contribution in [2.24, 2.45) is 5.41 Å². The van der Waals surface area contributed by atoms with Crippen LogP contribution < -0.4 is 5.32 Å². The quantitative estimate of drug-likeness (QED) is 0.749. The van der Waals surface area contributed by atoms with Crippen LogP contribution in [0.1, 0.15) is 62.4 Å². The molecule has 4 rings (SSSR count). The van der Waals surface area contributed by atoms with Crippen molar-refractivity contribution in [3.05, 3.63) is 54.0 Å². The summed E-state index contributed by atoms with van der Waals surface area (Å²) in [6.07, 6.45) is 9.09. The summed E-state index contributed by atoms with van der Waals surface area (Å²) in [6, 6.07) is 7.67. The van der Waals surface area contributed by atoms with Crippen molar-refractivity contribution >= 4 is 17.6 Å². The molecule has 1 saturated heterocycles. The highest BCUT2D eigenvalue weighted by atomic mass is 16.2. The standard InChI is InChI=1S/C25H33N5O2/c1-24(2,19-7-5-13-26-16-19)28-21-9-8-18(15-27-21)22(31)30-14-10-20(17-30)29(4)23(32)25(3)11-6-12-25/h5,7-9,13,15-16,20H,6,10-12,14,17H2,1-4H3,(H,27,28)/t20-/m0/s1. The number of rotatable bonds is 6. The average Bonchev–Trinajstić information content (AvgIpc) is 3.27. The number of carbonyl (C=O) groups excluding carboxylic acids is 2. The smallest absolute Gasteiger partial charge is 0.255 e. The highest BCUT2D eigenvalue weighted by Gasteiger charge is 2.43. The molecule has 32 heavy (non-hydrogen) atoms. The first-order chi connectivity index (χ1) is 15.2. The van der Waals surface area contributed by atoms with Crippen molar-refractivity contribution in [2.75, 3.05) is 25.5 Å². The molecule has 1 aliphatic carbocycles. The Morgan fingerprint density at radius 3 is 2.59 bits per heavy atom. The van der Waals surface area contributed by atoms with Crippen LogP contribution in [0.25, 0.3) is 0 Å². The van der Waals surface area contributed by atoms with E-state index in [1.54, 1.807) is 12.4 Å². The molecule has 0 spiro atoms. The number of aromatic nitrogens is 2. The van der Waals surface area contributed by atoms with Crippen LogP contribution in [0.2, 0.25) is 0 Å². The zero-order chi connectivity index (χ0) is 22.9. The Morgan fingerprint density at radius 1 is 1.22 bits per heavy atom. The maximum Gasteiger partial charge on any atom is 0.255 e. The van der Waals surface area contributed by atoms with Crippen LogP contribution in [0.3, 0.4) is 0 Å². The highest BCUT2D eigenvalue weighted by Crippen LogP contribution is 2.42. The van der Waals surface area contributed by atoms with Gasteiger partial charge in [0.15, 0.2) is 0 Å². The molecule has 1 atom stereocenters. The van der Waals surface area contributed by atoms with Gasteiger partial charge in [-0.3, -0.25) is 14.6 Å². The lowest BCUT2D eigenvalue weighted by Crippen LogP contribution is -2.49. The van der Waals surface area contributed by atoms with Crippen molar-refractivity contribution in [2.45, 2.75) is 58.0 Å². The molecule has 1 aliphatic heterocycles. The number of hydrogen-bond donors (Lipinski definition) is 1. The maximum atomic E-state index is 13.0. The molecule has 2 aromatic heterocycles. The fourth-order valence-corrected chi connectivity index (χ4v) is 4.66. The Bertz CT molecular complexity index is 970. The first-order valence-electron chi connectivity index (χ1n) is 11.4. The number of likely N-dealkylation sites (tertiary alicyclic amines) is 1. The SMILES string of the molecule is CN(C(=O)C1(C)CCC1)[C@H]1CCN(C(=O)c2ccc(NC(C)(C)c3cccnc3)nc2)C1. The first kappa shape index (κ1) is 22.2. The van der Waals surface area contributed by atoms with E-state index in [-0.39, 0.29) is 28.8 Å². The summed E-state index contributed by atoms with van der Waals surface area (Å²) in [6.45, 7) is 7.43. The molecule has 0 aromatic carbocycles. The van der Waals surface area contributed by atoms with Gasteiger partial charge >= 0.3 is 0 Å². The molecule has 0 radical (unpaired) electrons.